The Bertz CT molecular complexity index is 200. The molecule has 0 saturated heterocycles. The predicted molar refractivity (Wildman–Crippen MR) is 72.3 cm³/mol. The zero-order chi connectivity index (χ0) is 13.1. The van der Waals surface area contributed by atoms with E-state index in [4.69, 9.17) is 9.84 Å². The molecule has 0 aliphatic rings. The molecule has 0 rings (SSSR count). The van der Waals surface area contributed by atoms with Gasteiger partial charge in [0.25, 0.3) is 0 Å². The molecule has 0 aliphatic heterocycles. The molecular formula is C12H25NO3S. The van der Waals surface area contributed by atoms with Crippen molar-refractivity contribution in [3.8, 4) is 0 Å². The highest BCUT2D eigenvalue weighted by Crippen LogP contribution is 2.08. The Hall–Kier alpha value is -0.260. The predicted octanol–water partition coefficient (Wildman–Crippen LogP) is 1.42. The molecule has 0 radical (unpaired) electrons. The molecule has 1 atom stereocenters. The van der Waals surface area contributed by atoms with Crippen LogP contribution in [0.15, 0.2) is 0 Å². The number of nitrogens with one attached hydrogen (secondary N) is 1. The molecule has 2 N–H and O–H groups in total. The number of carbonyl (C=O) groups excluding carboxylic acids is 1. The smallest absolute Gasteiger partial charge is 0.323 e. The molecule has 0 aliphatic carbocycles. The van der Waals surface area contributed by atoms with E-state index in [0.29, 0.717) is 6.61 Å². The average molecular weight is 263 g/mol. The second-order valence-electron chi connectivity index (χ2n) is 4.10. The number of ether oxygens (including phenoxy) is 1. The standard InChI is InChI=1S/C12H25NO3S/c1-4-16-12(15)11(13-10(2)3)6-9-17-8-5-7-14/h10-11,13-14H,4-9H2,1-3H3. The van der Waals surface area contributed by atoms with Crippen molar-refractivity contribution in [1.29, 1.82) is 0 Å². The summed E-state index contributed by atoms with van der Waals surface area (Å²) in [6.45, 7) is 6.52. The van der Waals surface area contributed by atoms with Crippen LogP contribution in [0.25, 0.3) is 0 Å². The molecule has 0 aromatic heterocycles. The fraction of sp³-hybridized carbons (Fsp3) is 0.917. The van der Waals surface area contributed by atoms with Crippen LogP contribution in [0.4, 0.5) is 0 Å². The Morgan fingerprint density at radius 2 is 2.12 bits per heavy atom. The van der Waals surface area contributed by atoms with Crippen LogP contribution in [-0.2, 0) is 9.53 Å². The molecule has 0 fully saturated rings. The molecule has 0 bridgehead atoms. The van der Waals surface area contributed by atoms with Crippen molar-refractivity contribution < 1.29 is 14.6 Å². The van der Waals surface area contributed by atoms with Gasteiger partial charge in [0.1, 0.15) is 6.04 Å². The van der Waals surface area contributed by atoms with Crippen molar-refractivity contribution in [1.82, 2.24) is 5.32 Å². The van der Waals surface area contributed by atoms with Gasteiger partial charge in [0.05, 0.1) is 6.61 Å². The van der Waals surface area contributed by atoms with Gasteiger partial charge in [-0.25, -0.2) is 0 Å². The zero-order valence-electron chi connectivity index (χ0n) is 11.1. The largest absolute Gasteiger partial charge is 0.465 e. The van der Waals surface area contributed by atoms with E-state index in [2.05, 4.69) is 5.32 Å². The van der Waals surface area contributed by atoms with Gasteiger partial charge < -0.3 is 15.2 Å². The number of rotatable bonds is 10. The highest BCUT2D eigenvalue weighted by atomic mass is 32.2. The number of esters is 1. The first-order valence-electron chi connectivity index (χ1n) is 6.23. The molecule has 0 heterocycles. The number of carbonyl (C=O) groups is 1. The molecule has 1 unspecified atom stereocenters. The minimum atomic E-state index is -0.212. The molecule has 0 aromatic carbocycles. The van der Waals surface area contributed by atoms with Gasteiger partial charge in [0.15, 0.2) is 0 Å². The quantitative estimate of drug-likeness (QED) is 0.461. The Kier molecular flexibility index (Phi) is 10.7. The summed E-state index contributed by atoms with van der Waals surface area (Å²) in [6, 6.07) is 0.0587. The van der Waals surface area contributed by atoms with Crippen LogP contribution in [0.1, 0.15) is 33.6 Å². The van der Waals surface area contributed by atoms with Gasteiger partial charge in [0, 0.05) is 12.6 Å². The van der Waals surface area contributed by atoms with Gasteiger partial charge >= 0.3 is 5.97 Å². The summed E-state index contributed by atoms with van der Waals surface area (Å²) >= 11 is 1.76. The van der Waals surface area contributed by atoms with E-state index < -0.39 is 0 Å². The highest BCUT2D eigenvalue weighted by molar-refractivity contribution is 7.99. The third kappa shape index (κ3) is 9.44. The molecule has 0 amide bonds. The van der Waals surface area contributed by atoms with E-state index in [9.17, 15) is 4.79 Å². The van der Waals surface area contributed by atoms with Crippen molar-refractivity contribution in [3.63, 3.8) is 0 Å². The van der Waals surface area contributed by atoms with Crippen LogP contribution in [0, 0.1) is 0 Å². The topological polar surface area (TPSA) is 58.6 Å². The second kappa shape index (κ2) is 10.9. The molecule has 4 nitrogen and oxygen atoms in total. The summed E-state index contributed by atoms with van der Waals surface area (Å²) in [6.07, 6.45) is 1.58. The minimum absolute atomic E-state index is 0.163. The molecule has 17 heavy (non-hydrogen) atoms. The highest BCUT2D eigenvalue weighted by Gasteiger charge is 2.19. The SMILES string of the molecule is CCOC(=O)C(CCSCCCO)NC(C)C. The number of aliphatic hydroxyl groups is 1. The van der Waals surface area contributed by atoms with Crippen LogP contribution in [-0.4, -0.2) is 47.9 Å². The molecule has 0 saturated carbocycles. The monoisotopic (exact) mass is 263 g/mol. The second-order valence-corrected chi connectivity index (χ2v) is 5.33. The fourth-order valence-corrected chi connectivity index (χ4v) is 2.32. The van der Waals surface area contributed by atoms with Crippen molar-refractivity contribution in [2.24, 2.45) is 0 Å². The van der Waals surface area contributed by atoms with E-state index in [1.807, 2.05) is 20.8 Å². The van der Waals surface area contributed by atoms with Crippen LogP contribution in [0.3, 0.4) is 0 Å². The lowest BCUT2D eigenvalue weighted by Crippen LogP contribution is -2.42. The first-order chi connectivity index (χ1) is 8.11. The van der Waals surface area contributed by atoms with Crippen LogP contribution < -0.4 is 5.32 Å². The maximum atomic E-state index is 11.7. The Balaban J connectivity index is 3.89. The zero-order valence-corrected chi connectivity index (χ0v) is 11.9. The lowest BCUT2D eigenvalue weighted by molar-refractivity contribution is -0.145. The van der Waals surface area contributed by atoms with E-state index in [-0.39, 0.29) is 24.7 Å². The normalized spacial score (nSPS) is 12.8. The molecular weight excluding hydrogens is 238 g/mol. The molecule has 0 spiro atoms. The maximum Gasteiger partial charge on any atom is 0.323 e. The summed E-state index contributed by atoms with van der Waals surface area (Å²) in [4.78, 5) is 11.7. The summed E-state index contributed by atoms with van der Waals surface area (Å²) < 4.78 is 5.03. The summed E-state index contributed by atoms with van der Waals surface area (Å²) in [5, 5.41) is 11.9. The van der Waals surface area contributed by atoms with Crippen LogP contribution >= 0.6 is 11.8 Å². The Morgan fingerprint density at radius 3 is 2.65 bits per heavy atom. The number of hydrogen-bond donors (Lipinski definition) is 2. The summed E-state index contributed by atoms with van der Waals surface area (Å²) in [7, 11) is 0. The number of thioether (sulfide) groups is 1. The molecule has 5 heteroatoms. The van der Waals surface area contributed by atoms with Crippen LogP contribution in [0.2, 0.25) is 0 Å². The van der Waals surface area contributed by atoms with Gasteiger partial charge in [0.2, 0.25) is 0 Å². The van der Waals surface area contributed by atoms with Crippen molar-refractivity contribution in [3.05, 3.63) is 0 Å². The van der Waals surface area contributed by atoms with Crippen molar-refractivity contribution >= 4 is 17.7 Å². The third-order valence-electron chi connectivity index (χ3n) is 2.10. The third-order valence-corrected chi connectivity index (χ3v) is 3.21. The van der Waals surface area contributed by atoms with Gasteiger partial charge in [-0.2, -0.15) is 11.8 Å². The van der Waals surface area contributed by atoms with Crippen molar-refractivity contribution in [2.75, 3.05) is 24.7 Å². The van der Waals surface area contributed by atoms with E-state index in [1.54, 1.807) is 11.8 Å². The van der Waals surface area contributed by atoms with Crippen LogP contribution in [0.5, 0.6) is 0 Å². The first-order valence-corrected chi connectivity index (χ1v) is 7.38. The van der Waals surface area contributed by atoms with Gasteiger partial charge in [-0.05, 0) is 31.3 Å². The van der Waals surface area contributed by atoms with Gasteiger partial charge in [-0.3, -0.25) is 4.79 Å². The molecule has 0 aromatic rings. The summed E-state index contributed by atoms with van der Waals surface area (Å²) in [5.74, 6) is 1.68. The van der Waals surface area contributed by atoms with E-state index >= 15 is 0 Å². The molecule has 102 valence electrons. The Morgan fingerprint density at radius 1 is 1.41 bits per heavy atom. The number of aliphatic hydroxyl groups excluding tert-OH is 1. The lowest BCUT2D eigenvalue weighted by Gasteiger charge is -2.19. The van der Waals surface area contributed by atoms with E-state index in [1.165, 1.54) is 0 Å². The minimum Gasteiger partial charge on any atom is -0.465 e. The lowest BCUT2D eigenvalue weighted by atomic mass is 10.2. The maximum absolute atomic E-state index is 11.7. The Labute approximate surface area is 108 Å². The van der Waals surface area contributed by atoms with Gasteiger partial charge in [-0.1, -0.05) is 13.8 Å². The van der Waals surface area contributed by atoms with E-state index in [0.717, 1.165) is 24.3 Å². The van der Waals surface area contributed by atoms with Gasteiger partial charge in [-0.15, -0.1) is 0 Å². The van der Waals surface area contributed by atoms with Crippen molar-refractivity contribution in [2.45, 2.75) is 45.7 Å². The fourth-order valence-electron chi connectivity index (χ4n) is 1.38. The number of hydrogen-bond acceptors (Lipinski definition) is 5. The summed E-state index contributed by atoms with van der Waals surface area (Å²) in [5.41, 5.74) is 0. The first kappa shape index (κ1) is 16.7. The average Bonchev–Trinajstić information content (AvgIpc) is 2.27.